The predicted molar refractivity (Wildman–Crippen MR) is 90.3 cm³/mol. The lowest BCUT2D eigenvalue weighted by atomic mass is 9.92. The van der Waals surface area contributed by atoms with E-state index < -0.39 is 0 Å². The molecule has 23 heavy (non-hydrogen) atoms. The van der Waals surface area contributed by atoms with Gasteiger partial charge >= 0.3 is 0 Å². The van der Waals surface area contributed by atoms with Crippen molar-refractivity contribution in [1.82, 2.24) is 10.2 Å². The lowest BCUT2D eigenvalue weighted by Crippen LogP contribution is -2.36. The fourth-order valence-electron chi connectivity index (χ4n) is 2.94. The number of nitrogens with one attached hydrogen (secondary N) is 1. The van der Waals surface area contributed by atoms with Gasteiger partial charge in [-0.3, -0.25) is 9.69 Å². The van der Waals surface area contributed by atoms with Gasteiger partial charge in [0.2, 0.25) is 0 Å². The monoisotopic (exact) mass is 320 g/mol. The number of likely N-dealkylation sites (tertiary alicyclic amines) is 1. The average molecular weight is 320 g/mol. The van der Waals surface area contributed by atoms with E-state index in [9.17, 15) is 9.90 Å². The summed E-state index contributed by atoms with van der Waals surface area (Å²) < 4.78 is 5.45. The number of carbonyl (C=O) groups excluding carboxylic acids is 1. The van der Waals surface area contributed by atoms with E-state index in [1.165, 1.54) is 5.56 Å². The Morgan fingerprint density at radius 1 is 1.35 bits per heavy atom. The van der Waals surface area contributed by atoms with E-state index in [0.717, 1.165) is 32.5 Å². The number of carbonyl (C=O) groups is 1. The first kappa shape index (κ1) is 17.8. The molecular weight excluding hydrogens is 292 g/mol. The van der Waals surface area contributed by atoms with Crippen LogP contribution in [0.1, 0.15) is 32.3 Å². The van der Waals surface area contributed by atoms with Crippen LogP contribution in [-0.4, -0.2) is 48.3 Å². The largest absolute Gasteiger partial charge is 0.484 e. The van der Waals surface area contributed by atoms with Crippen molar-refractivity contribution in [2.24, 2.45) is 5.92 Å². The van der Waals surface area contributed by atoms with E-state index in [-0.39, 0.29) is 18.6 Å². The normalized spacial score (nSPS) is 17.7. The number of amides is 1. The first-order chi connectivity index (χ1) is 11.1. The summed E-state index contributed by atoms with van der Waals surface area (Å²) in [4.78, 5) is 13.8. The van der Waals surface area contributed by atoms with Gasteiger partial charge in [-0.15, -0.1) is 0 Å². The third-order valence-electron chi connectivity index (χ3n) is 4.39. The fourth-order valence-corrected chi connectivity index (χ4v) is 2.94. The Kier molecular flexibility index (Phi) is 6.86. The molecule has 1 aromatic carbocycles. The van der Waals surface area contributed by atoms with E-state index in [1.807, 2.05) is 38.1 Å². The lowest BCUT2D eigenvalue weighted by molar-refractivity contribution is -0.122. The third kappa shape index (κ3) is 5.84. The quantitative estimate of drug-likeness (QED) is 0.804. The summed E-state index contributed by atoms with van der Waals surface area (Å²) in [5.41, 5.74) is 1.24. The second-order valence-corrected chi connectivity index (χ2v) is 6.24. The van der Waals surface area contributed by atoms with E-state index >= 15 is 0 Å². The van der Waals surface area contributed by atoms with Crippen LogP contribution in [0.2, 0.25) is 0 Å². The Morgan fingerprint density at radius 2 is 2.00 bits per heavy atom. The summed E-state index contributed by atoms with van der Waals surface area (Å²) in [6, 6.07) is 7.93. The van der Waals surface area contributed by atoms with Gasteiger partial charge in [0.05, 0.1) is 6.10 Å². The molecule has 2 rings (SSSR count). The zero-order chi connectivity index (χ0) is 16.7. The van der Waals surface area contributed by atoms with E-state index in [2.05, 4.69) is 10.2 Å². The van der Waals surface area contributed by atoms with Gasteiger partial charge in [-0.05, 0) is 63.4 Å². The van der Waals surface area contributed by atoms with Gasteiger partial charge in [0.25, 0.3) is 5.91 Å². The molecule has 5 heteroatoms. The Morgan fingerprint density at radius 3 is 2.57 bits per heavy atom. The number of rotatable bonds is 7. The summed E-state index contributed by atoms with van der Waals surface area (Å²) in [6.07, 6.45) is 1.93. The highest BCUT2D eigenvalue weighted by Gasteiger charge is 2.22. The second kappa shape index (κ2) is 8.89. The van der Waals surface area contributed by atoms with Crippen molar-refractivity contribution < 1.29 is 14.6 Å². The van der Waals surface area contributed by atoms with Crippen molar-refractivity contribution in [3.8, 4) is 5.75 Å². The number of aliphatic hydroxyl groups is 1. The number of benzene rings is 1. The smallest absolute Gasteiger partial charge is 0.257 e. The molecule has 1 amide bonds. The Balaban J connectivity index is 1.76. The van der Waals surface area contributed by atoms with Crippen molar-refractivity contribution >= 4 is 5.91 Å². The molecule has 128 valence electrons. The summed E-state index contributed by atoms with van der Waals surface area (Å²) >= 11 is 0. The molecule has 0 spiro atoms. The maximum atomic E-state index is 11.4. The van der Waals surface area contributed by atoms with Crippen LogP contribution in [0.4, 0.5) is 0 Å². The topological polar surface area (TPSA) is 61.8 Å². The number of aliphatic hydroxyl groups excluding tert-OH is 1. The molecule has 1 fully saturated rings. The number of hydrogen-bond acceptors (Lipinski definition) is 4. The second-order valence-electron chi connectivity index (χ2n) is 6.24. The first-order valence-electron chi connectivity index (χ1n) is 8.47. The van der Waals surface area contributed by atoms with Crippen LogP contribution in [0.25, 0.3) is 0 Å². The molecule has 1 unspecified atom stereocenters. The van der Waals surface area contributed by atoms with Crippen LogP contribution in [0.3, 0.4) is 0 Å². The van der Waals surface area contributed by atoms with Crippen molar-refractivity contribution in [3.05, 3.63) is 29.8 Å². The molecule has 5 nitrogen and oxygen atoms in total. The molecule has 1 atom stereocenters. The maximum Gasteiger partial charge on any atom is 0.257 e. The minimum Gasteiger partial charge on any atom is -0.484 e. The minimum absolute atomic E-state index is 0.0556. The molecule has 2 N–H and O–H groups in total. The Labute approximate surface area is 138 Å². The zero-order valence-electron chi connectivity index (χ0n) is 14.1. The molecule has 0 bridgehead atoms. The summed E-state index contributed by atoms with van der Waals surface area (Å²) in [7, 11) is 0. The molecule has 1 saturated heterocycles. The molecule has 1 heterocycles. The van der Waals surface area contributed by atoms with Gasteiger partial charge in [-0.1, -0.05) is 12.1 Å². The Bertz CT molecular complexity index is 480. The van der Waals surface area contributed by atoms with Gasteiger partial charge in [0, 0.05) is 13.1 Å². The van der Waals surface area contributed by atoms with E-state index in [4.69, 9.17) is 4.74 Å². The molecule has 0 saturated carbocycles. The van der Waals surface area contributed by atoms with Crippen LogP contribution in [-0.2, 0) is 11.3 Å². The third-order valence-corrected chi connectivity index (χ3v) is 4.39. The number of ether oxygens (including phenoxy) is 1. The van der Waals surface area contributed by atoms with Crippen molar-refractivity contribution in [1.29, 1.82) is 0 Å². The highest BCUT2D eigenvalue weighted by atomic mass is 16.5. The highest BCUT2D eigenvalue weighted by Crippen LogP contribution is 2.22. The number of piperidine rings is 1. The van der Waals surface area contributed by atoms with E-state index in [0.29, 0.717) is 18.2 Å². The summed E-state index contributed by atoms with van der Waals surface area (Å²) in [5.74, 6) is 1.06. The summed E-state index contributed by atoms with van der Waals surface area (Å²) in [6.45, 7) is 7.43. The van der Waals surface area contributed by atoms with Crippen LogP contribution < -0.4 is 10.1 Å². The lowest BCUT2D eigenvalue weighted by Gasteiger charge is -2.33. The molecule has 1 aromatic rings. The predicted octanol–water partition coefficient (Wildman–Crippen LogP) is 1.79. The number of likely N-dealkylation sites (N-methyl/N-ethyl adjacent to an activating group) is 1. The van der Waals surface area contributed by atoms with Gasteiger partial charge in [0.1, 0.15) is 5.75 Å². The fraction of sp³-hybridized carbons (Fsp3) is 0.611. The van der Waals surface area contributed by atoms with Crippen LogP contribution in [0.15, 0.2) is 24.3 Å². The SMILES string of the molecule is CCNC(=O)COc1ccc(CN2CCC(C(C)O)CC2)cc1. The molecule has 0 aromatic heterocycles. The molecular formula is C18H28N2O3. The molecule has 1 aliphatic heterocycles. The molecule has 0 radical (unpaired) electrons. The Hall–Kier alpha value is -1.59. The van der Waals surface area contributed by atoms with E-state index in [1.54, 1.807) is 0 Å². The van der Waals surface area contributed by atoms with Crippen LogP contribution in [0, 0.1) is 5.92 Å². The molecule has 1 aliphatic rings. The van der Waals surface area contributed by atoms with Crippen molar-refractivity contribution in [3.63, 3.8) is 0 Å². The van der Waals surface area contributed by atoms with Crippen LogP contribution in [0.5, 0.6) is 5.75 Å². The average Bonchev–Trinajstić information content (AvgIpc) is 2.55. The van der Waals surface area contributed by atoms with Crippen molar-refractivity contribution in [2.45, 2.75) is 39.3 Å². The zero-order valence-corrected chi connectivity index (χ0v) is 14.1. The number of hydrogen-bond donors (Lipinski definition) is 2. The highest BCUT2D eigenvalue weighted by molar-refractivity contribution is 5.77. The van der Waals surface area contributed by atoms with Gasteiger partial charge < -0.3 is 15.2 Å². The first-order valence-corrected chi connectivity index (χ1v) is 8.47. The maximum absolute atomic E-state index is 11.4. The van der Waals surface area contributed by atoms with Gasteiger partial charge in [-0.25, -0.2) is 0 Å². The molecule has 0 aliphatic carbocycles. The van der Waals surface area contributed by atoms with Gasteiger partial charge in [0.15, 0.2) is 6.61 Å². The minimum atomic E-state index is -0.196. The standard InChI is InChI=1S/C18H28N2O3/c1-3-19-18(22)13-23-17-6-4-15(5-7-17)12-20-10-8-16(9-11-20)14(2)21/h4-7,14,16,21H,3,8-13H2,1-2H3,(H,19,22). The van der Waals surface area contributed by atoms with Gasteiger partial charge in [-0.2, -0.15) is 0 Å². The van der Waals surface area contributed by atoms with Crippen LogP contribution >= 0.6 is 0 Å². The number of nitrogens with zero attached hydrogens (tertiary/aromatic N) is 1. The van der Waals surface area contributed by atoms with Crippen molar-refractivity contribution in [2.75, 3.05) is 26.2 Å². The summed E-state index contributed by atoms with van der Waals surface area (Å²) in [5, 5.41) is 12.4.